The molecule has 3 atom stereocenters. The first-order valence-electron chi connectivity index (χ1n) is 8.65. The Hall–Kier alpha value is -1.84. The number of nitrogens with zero attached hydrogens (tertiary/aromatic N) is 1. The molecule has 1 N–H and O–H groups in total. The van der Waals surface area contributed by atoms with Crippen molar-refractivity contribution >= 4 is 11.9 Å². The summed E-state index contributed by atoms with van der Waals surface area (Å²) in [5.74, 6) is -0.0761. The van der Waals surface area contributed by atoms with Crippen LogP contribution in [0.5, 0.6) is 0 Å². The van der Waals surface area contributed by atoms with Crippen molar-refractivity contribution in [3.8, 4) is 0 Å². The van der Waals surface area contributed by atoms with Crippen molar-refractivity contribution in [2.45, 2.75) is 57.4 Å². The molecule has 4 heteroatoms. The number of carboxylic acid groups (broad SMARTS) is 1. The first-order chi connectivity index (χ1) is 11.1. The Labute approximate surface area is 137 Å². The molecule has 1 aromatic carbocycles. The molecule has 0 spiro atoms. The van der Waals surface area contributed by atoms with Gasteiger partial charge in [-0.3, -0.25) is 9.59 Å². The molecule has 4 nitrogen and oxygen atoms in total. The molecule has 1 saturated carbocycles. The molecule has 2 aliphatic rings. The Morgan fingerprint density at radius 2 is 2.04 bits per heavy atom. The van der Waals surface area contributed by atoms with Crippen LogP contribution in [0.1, 0.15) is 55.6 Å². The number of benzene rings is 1. The van der Waals surface area contributed by atoms with E-state index < -0.39 is 5.97 Å². The minimum atomic E-state index is -0.771. The predicted octanol–water partition coefficient (Wildman–Crippen LogP) is 3.34. The van der Waals surface area contributed by atoms with Crippen LogP contribution in [0.15, 0.2) is 24.3 Å². The van der Waals surface area contributed by atoms with Crippen LogP contribution in [0.4, 0.5) is 0 Å². The number of amides is 1. The highest BCUT2D eigenvalue weighted by atomic mass is 16.4. The summed E-state index contributed by atoms with van der Waals surface area (Å²) in [5.41, 5.74) is 2.55. The lowest BCUT2D eigenvalue weighted by Gasteiger charge is -2.36. The fraction of sp³-hybridized carbons (Fsp3) is 0.579. The summed E-state index contributed by atoms with van der Waals surface area (Å²) in [7, 11) is 0. The van der Waals surface area contributed by atoms with E-state index in [2.05, 4.69) is 19.1 Å². The zero-order valence-electron chi connectivity index (χ0n) is 13.7. The summed E-state index contributed by atoms with van der Waals surface area (Å²) in [6, 6.07) is 8.42. The molecular formula is C19H25NO3. The Balaban J connectivity index is 1.65. The second kappa shape index (κ2) is 6.73. The number of likely N-dealkylation sites (tertiary alicyclic amines) is 1. The summed E-state index contributed by atoms with van der Waals surface area (Å²) in [6.45, 7) is 2.89. The topological polar surface area (TPSA) is 57.6 Å². The lowest BCUT2D eigenvalue weighted by atomic mass is 9.96. The van der Waals surface area contributed by atoms with Gasteiger partial charge in [0.05, 0.1) is 0 Å². The second-order valence-electron chi connectivity index (χ2n) is 6.92. The van der Waals surface area contributed by atoms with Crippen molar-refractivity contribution in [2.75, 3.05) is 6.54 Å². The van der Waals surface area contributed by atoms with Crippen molar-refractivity contribution in [3.63, 3.8) is 0 Å². The smallest absolute Gasteiger partial charge is 0.303 e. The lowest BCUT2D eigenvalue weighted by Crippen LogP contribution is -2.44. The van der Waals surface area contributed by atoms with E-state index in [9.17, 15) is 9.59 Å². The van der Waals surface area contributed by atoms with Gasteiger partial charge in [0.2, 0.25) is 5.91 Å². The molecule has 3 rings (SSSR count). The molecule has 0 aromatic heterocycles. The van der Waals surface area contributed by atoms with Crippen molar-refractivity contribution < 1.29 is 14.7 Å². The lowest BCUT2D eigenvalue weighted by molar-refractivity contribution is -0.140. The molecule has 1 aliphatic carbocycles. The van der Waals surface area contributed by atoms with E-state index in [1.807, 2.05) is 17.0 Å². The van der Waals surface area contributed by atoms with Gasteiger partial charge in [-0.15, -0.1) is 0 Å². The summed E-state index contributed by atoms with van der Waals surface area (Å²) < 4.78 is 0. The fourth-order valence-electron chi connectivity index (χ4n) is 3.91. The number of piperidine rings is 1. The normalized spacial score (nSPS) is 26.8. The first-order valence-corrected chi connectivity index (χ1v) is 8.65. The standard InChI is InChI=1S/C19H25NO3/c1-13-6-2-3-8-15(13)16-12-17(16)19(23)20-11-5-4-7-14(20)9-10-18(21)22/h2-3,6,8,14,16-17H,4-5,7,9-12H2,1H3,(H,21,22)/t14-,16-,17-/m0/s1. The molecule has 1 aromatic rings. The highest BCUT2D eigenvalue weighted by molar-refractivity contribution is 5.83. The van der Waals surface area contributed by atoms with Crippen LogP contribution >= 0.6 is 0 Å². The van der Waals surface area contributed by atoms with E-state index in [1.54, 1.807) is 0 Å². The van der Waals surface area contributed by atoms with Crippen molar-refractivity contribution in [3.05, 3.63) is 35.4 Å². The zero-order valence-corrected chi connectivity index (χ0v) is 13.7. The number of rotatable bonds is 5. The van der Waals surface area contributed by atoms with Gasteiger partial charge in [0.1, 0.15) is 0 Å². The van der Waals surface area contributed by atoms with Crippen LogP contribution in [0.2, 0.25) is 0 Å². The maximum atomic E-state index is 12.9. The van der Waals surface area contributed by atoms with Crippen molar-refractivity contribution in [2.24, 2.45) is 5.92 Å². The molecular weight excluding hydrogens is 290 g/mol. The van der Waals surface area contributed by atoms with E-state index in [0.29, 0.717) is 12.3 Å². The van der Waals surface area contributed by atoms with Gasteiger partial charge in [0.15, 0.2) is 0 Å². The highest BCUT2D eigenvalue weighted by Crippen LogP contribution is 2.50. The van der Waals surface area contributed by atoms with Gasteiger partial charge in [-0.2, -0.15) is 0 Å². The number of hydrogen-bond donors (Lipinski definition) is 1. The molecule has 2 fully saturated rings. The van der Waals surface area contributed by atoms with Gasteiger partial charge in [0, 0.05) is 24.9 Å². The van der Waals surface area contributed by atoms with Crippen molar-refractivity contribution in [1.29, 1.82) is 0 Å². The Morgan fingerprint density at radius 3 is 2.78 bits per heavy atom. The Morgan fingerprint density at radius 1 is 1.26 bits per heavy atom. The predicted molar refractivity (Wildman–Crippen MR) is 88.2 cm³/mol. The second-order valence-corrected chi connectivity index (χ2v) is 6.92. The largest absolute Gasteiger partial charge is 0.481 e. The maximum absolute atomic E-state index is 12.9. The monoisotopic (exact) mass is 315 g/mol. The third kappa shape index (κ3) is 3.57. The SMILES string of the molecule is Cc1ccccc1[C@@H]1C[C@@H]1C(=O)N1CCCC[C@H]1CCC(=O)O. The minimum absolute atomic E-state index is 0.0986. The molecule has 1 aliphatic heterocycles. The summed E-state index contributed by atoms with van der Waals surface area (Å²) in [5, 5.41) is 8.91. The van der Waals surface area contributed by atoms with Gasteiger partial charge < -0.3 is 10.0 Å². The summed E-state index contributed by atoms with van der Waals surface area (Å²) in [4.78, 5) is 25.7. The number of carbonyl (C=O) groups excluding carboxylic acids is 1. The Bertz CT molecular complexity index is 598. The molecule has 0 radical (unpaired) electrons. The van der Waals surface area contributed by atoms with Crippen LogP contribution in [0.3, 0.4) is 0 Å². The van der Waals surface area contributed by atoms with E-state index in [4.69, 9.17) is 5.11 Å². The van der Waals surface area contributed by atoms with Crippen LogP contribution < -0.4 is 0 Å². The highest BCUT2D eigenvalue weighted by Gasteiger charge is 2.47. The van der Waals surface area contributed by atoms with E-state index in [-0.39, 0.29) is 24.3 Å². The number of hydrogen-bond acceptors (Lipinski definition) is 2. The van der Waals surface area contributed by atoms with Gasteiger partial charge in [0.25, 0.3) is 0 Å². The van der Waals surface area contributed by atoms with Crippen LogP contribution in [0.25, 0.3) is 0 Å². The molecule has 1 heterocycles. The summed E-state index contributed by atoms with van der Waals surface area (Å²) in [6.07, 6.45) is 4.76. The van der Waals surface area contributed by atoms with Gasteiger partial charge in [-0.1, -0.05) is 24.3 Å². The van der Waals surface area contributed by atoms with Gasteiger partial charge >= 0.3 is 5.97 Å². The zero-order chi connectivity index (χ0) is 16.4. The van der Waals surface area contributed by atoms with Gasteiger partial charge in [-0.05, 0) is 56.1 Å². The molecule has 1 saturated heterocycles. The Kier molecular flexibility index (Phi) is 4.69. The van der Waals surface area contributed by atoms with Crippen molar-refractivity contribution in [1.82, 2.24) is 4.90 Å². The fourth-order valence-corrected chi connectivity index (χ4v) is 3.91. The van der Waals surface area contributed by atoms with Crippen LogP contribution in [-0.4, -0.2) is 34.5 Å². The average molecular weight is 315 g/mol. The van der Waals surface area contributed by atoms with Crippen LogP contribution in [0, 0.1) is 12.8 Å². The van der Waals surface area contributed by atoms with E-state index in [0.717, 1.165) is 32.2 Å². The number of aliphatic carboxylic acids is 1. The first kappa shape index (κ1) is 16.0. The third-order valence-electron chi connectivity index (χ3n) is 5.30. The number of aryl methyl sites for hydroxylation is 1. The van der Waals surface area contributed by atoms with Crippen LogP contribution in [-0.2, 0) is 9.59 Å². The number of carbonyl (C=O) groups is 2. The van der Waals surface area contributed by atoms with E-state index in [1.165, 1.54) is 11.1 Å². The molecule has 0 unspecified atom stereocenters. The molecule has 1 amide bonds. The maximum Gasteiger partial charge on any atom is 0.303 e. The van der Waals surface area contributed by atoms with E-state index >= 15 is 0 Å². The van der Waals surface area contributed by atoms with Gasteiger partial charge in [-0.25, -0.2) is 0 Å². The molecule has 23 heavy (non-hydrogen) atoms. The molecule has 124 valence electrons. The number of carboxylic acids is 1. The minimum Gasteiger partial charge on any atom is -0.481 e. The summed E-state index contributed by atoms with van der Waals surface area (Å²) >= 11 is 0. The third-order valence-corrected chi connectivity index (χ3v) is 5.30. The average Bonchev–Trinajstić information content (AvgIpc) is 3.33. The quantitative estimate of drug-likeness (QED) is 0.906. The molecule has 0 bridgehead atoms.